The molecule has 2 aromatic carbocycles. The summed E-state index contributed by atoms with van der Waals surface area (Å²) in [6, 6.07) is 16.9. The van der Waals surface area contributed by atoms with Crippen molar-refractivity contribution in [3.63, 3.8) is 0 Å². The van der Waals surface area contributed by atoms with Gasteiger partial charge in [-0.2, -0.15) is 9.90 Å². The summed E-state index contributed by atoms with van der Waals surface area (Å²) in [7, 11) is 0. The van der Waals surface area contributed by atoms with Crippen LogP contribution in [0.4, 0.5) is 0 Å². The van der Waals surface area contributed by atoms with E-state index in [2.05, 4.69) is 10.2 Å². The standard InChI is InChI=1S/C16H13N3O/c1-12-7-9-13(10-8-12)16(20)15-11-17-19(18-15)14-5-3-2-4-6-14/h2-11H,1H3. The van der Waals surface area contributed by atoms with E-state index in [1.54, 1.807) is 12.1 Å². The van der Waals surface area contributed by atoms with Crippen LogP contribution in [0.15, 0.2) is 60.8 Å². The monoisotopic (exact) mass is 263 g/mol. The quantitative estimate of drug-likeness (QED) is 0.683. The van der Waals surface area contributed by atoms with E-state index in [-0.39, 0.29) is 5.78 Å². The zero-order chi connectivity index (χ0) is 13.9. The van der Waals surface area contributed by atoms with Gasteiger partial charge >= 0.3 is 0 Å². The van der Waals surface area contributed by atoms with Crippen molar-refractivity contribution in [1.82, 2.24) is 15.0 Å². The van der Waals surface area contributed by atoms with Gasteiger partial charge in [0.15, 0.2) is 5.69 Å². The van der Waals surface area contributed by atoms with Gasteiger partial charge in [-0.3, -0.25) is 4.79 Å². The summed E-state index contributed by atoms with van der Waals surface area (Å²) in [6.45, 7) is 1.99. The molecular formula is C16H13N3O. The lowest BCUT2D eigenvalue weighted by Crippen LogP contribution is -2.04. The molecule has 3 aromatic rings. The third-order valence-electron chi connectivity index (χ3n) is 3.03. The first-order valence-electron chi connectivity index (χ1n) is 6.33. The summed E-state index contributed by atoms with van der Waals surface area (Å²) < 4.78 is 0. The van der Waals surface area contributed by atoms with Gasteiger partial charge in [-0.1, -0.05) is 48.0 Å². The van der Waals surface area contributed by atoms with Crippen molar-refractivity contribution >= 4 is 5.78 Å². The van der Waals surface area contributed by atoms with E-state index >= 15 is 0 Å². The summed E-state index contributed by atoms with van der Waals surface area (Å²) in [6.07, 6.45) is 1.50. The van der Waals surface area contributed by atoms with Crippen molar-refractivity contribution in [2.24, 2.45) is 0 Å². The molecule has 98 valence electrons. The number of hydrogen-bond acceptors (Lipinski definition) is 3. The molecule has 0 amide bonds. The first-order chi connectivity index (χ1) is 9.74. The summed E-state index contributed by atoms with van der Waals surface area (Å²) in [5, 5.41) is 8.37. The van der Waals surface area contributed by atoms with Crippen LogP contribution in [0.5, 0.6) is 0 Å². The zero-order valence-corrected chi connectivity index (χ0v) is 11.0. The van der Waals surface area contributed by atoms with Crippen LogP contribution in [0.25, 0.3) is 5.69 Å². The number of carbonyl (C=O) groups excluding carboxylic acids is 1. The Morgan fingerprint density at radius 3 is 2.40 bits per heavy atom. The van der Waals surface area contributed by atoms with E-state index in [9.17, 15) is 4.79 Å². The second kappa shape index (κ2) is 5.09. The van der Waals surface area contributed by atoms with Gasteiger partial charge in [-0.15, -0.1) is 5.10 Å². The molecule has 0 saturated carbocycles. The van der Waals surface area contributed by atoms with Gasteiger partial charge in [-0.05, 0) is 19.1 Å². The third-order valence-corrected chi connectivity index (χ3v) is 3.03. The molecule has 0 fully saturated rings. The predicted octanol–water partition coefficient (Wildman–Crippen LogP) is 2.81. The van der Waals surface area contributed by atoms with E-state index in [0.717, 1.165) is 11.3 Å². The van der Waals surface area contributed by atoms with Gasteiger partial charge in [0, 0.05) is 5.56 Å². The molecule has 4 heteroatoms. The minimum absolute atomic E-state index is 0.118. The van der Waals surface area contributed by atoms with Crippen LogP contribution in [0.2, 0.25) is 0 Å². The first kappa shape index (κ1) is 12.3. The number of hydrogen-bond donors (Lipinski definition) is 0. The number of benzene rings is 2. The Kier molecular flexibility index (Phi) is 3.13. The predicted molar refractivity (Wildman–Crippen MR) is 76.0 cm³/mol. The van der Waals surface area contributed by atoms with Gasteiger partial charge in [0.05, 0.1) is 11.9 Å². The number of aromatic nitrogens is 3. The highest BCUT2D eigenvalue weighted by Crippen LogP contribution is 2.10. The number of para-hydroxylation sites is 1. The maximum Gasteiger partial charge on any atom is 0.214 e. The average molecular weight is 263 g/mol. The SMILES string of the molecule is Cc1ccc(C(=O)c2cnn(-c3ccccc3)n2)cc1. The van der Waals surface area contributed by atoms with Crippen molar-refractivity contribution in [3.8, 4) is 5.69 Å². The van der Waals surface area contributed by atoms with Crippen LogP contribution >= 0.6 is 0 Å². The van der Waals surface area contributed by atoms with E-state index in [1.165, 1.54) is 11.0 Å². The Morgan fingerprint density at radius 2 is 1.70 bits per heavy atom. The fourth-order valence-corrected chi connectivity index (χ4v) is 1.91. The molecular weight excluding hydrogens is 250 g/mol. The molecule has 0 aliphatic carbocycles. The van der Waals surface area contributed by atoms with E-state index in [1.807, 2.05) is 49.4 Å². The molecule has 0 radical (unpaired) electrons. The summed E-state index contributed by atoms with van der Waals surface area (Å²) in [5.74, 6) is -0.118. The first-order valence-corrected chi connectivity index (χ1v) is 6.33. The molecule has 0 bridgehead atoms. The highest BCUT2D eigenvalue weighted by Gasteiger charge is 2.13. The molecule has 0 aliphatic rings. The van der Waals surface area contributed by atoms with E-state index in [0.29, 0.717) is 11.3 Å². The maximum absolute atomic E-state index is 12.3. The van der Waals surface area contributed by atoms with Crippen LogP contribution in [0.3, 0.4) is 0 Å². The number of carbonyl (C=O) groups is 1. The maximum atomic E-state index is 12.3. The van der Waals surface area contributed by atoms with Crippen LogP contribution in [-0.4, -0.2) is 20.8 Å². The Bertz CT molecular complexity index is 730. The summed E-state index contributed by atoms with van der Waals surface area (Å²) in [5.41, 5.74) is 2.92. The van der Waals surface area contributed by atoms with Gasteiger partial charge in [0.25, 0.3) is 0 Å². The molecule has 0 aliphatic heterocycles. The topological polar surface area (TPSA) is 47.8 Å². The van der Waals surface area contributed by atoms with Crippen molar-refractivity contribution in [1.29, 1.82) is 0 Å². The van der Waals surface area contributed by atoms with Gasteiger partial charge < -0.3 is 0 Å². The Hall–Kier alpha value is -2.75. The normalized spacial score (nSPS) is 10.4. The molecule has 0 atom stereocenters. The molecule has 1 aromatic heterocycles. The lowest BCUT2D eigenvalue weighted by atomic mass is 10.1. The second-order valence-electron chi connectivity index (χ2n) is 4.55. The molecule has 0 N–H and O–H groups in total. The smallest absolute Gasteiger partial charge is 0.214 e. The van der Waals surface area contributed by atoms with Crippen LogP contribution in [-0.2, 0) is 0 Å². The molecule has 3 rings (SSSR count). The second-order valence-corrected chi connectivity index (χ2v) is 4.55. The summed E-state index contributed by atoms with van der Waals surface area (Å²) in [4.78, 5) is 13.7. The molecule has 4 nitrogen and oxygen atoms in total. The number of nitrogens with zero attached hydrogens (tertiary/aromatic N) is 3. The number of ketones is 1. The number of aryl methyl sites for hydroxylation is 1. The largest absolute Gasteiger partial charge is 0.287 e. The number of rotatable bonds is 3. The minimum Gasteiger partial charge on any atom is -0.287 e. The Morgan fingerprint density at radius 1 is 1.00 bits per heavy atom. The van der Waals surface area contributed by atoms with Gasteiger partial charge in [-0.25, -0.2) is 0 Å². The Balaban J connectivity index is 1.90. The van der Waals surface area contributed by atoms with Crippen LogP contribution in [0.1, 0.15) is 21.6 Å². The molecule has 1 heterocycles. The highest BCUT2D eigenvalue weighted by atomic mass is 16.1. The third kappa shape index (κ3) is 2.36. The lowest BCUT2D eigenvalue weighted by molar-refractivity contribution is 0.103. The molecule has 0 spiro atoms. The minimum atomic E-state index is -0.118. The van der Waals surface area contributed by atoms with Gasteiger partial charge in [0.1, 0.15) is 0 Å². The van der Waals surface area contributed by atoms with Crippen molar-refractivity contribution in [3.05, 3.63) is 77.6 Å². The van der Waals surface area contributed by atoms with Crippen LogP contribution < -0.4 is 0 Å². The van der Waals surface area contributed by atoms with Crippen molar-refractivity contribution in [2.75, 3.05) is 0 Å². The summed E-state index contributed by atoms with van der Waals surface area (Å²) >= 11 is 0. The van der Waals surface area contributed by atoms with Gasteiger partial charge in [0.2, 0.25) is 5.78 Å². The average Bonchev–Trinajstić information content (AvgIpc) is 2.98. The zero-order valence-electron chi connectivity index (χ0n) is 11.0. The van der Waals surface area contributed by atoms with Crippen LogP contribution in [0, 0.1) is 6.92 Å². The lowest BCUT2D eigenvalue weighted by Gasteiger charge is -1.99. The Labute approximate surface area is 116 Å². The molecule has 20 heavy (non-hydrogen) atoms. The van der Waals surface area contributed by atoms with E-state index in [4.69, 9.17) is 0 Å². The van der Waals surface area contributed by atoms with Crippen molar-refractivity contribution < 1.29 is 4.79 Å². The fraction of sp³-hybridized carbons (Fsp3) is 0.0625. The highest BCUT2D eigenvalue weighted by molar-refractivity contribution is 6.07. The molecule has 0 saturated heterocycles. The fourth-order valence-electron chi connectivity index (χ4n) is 1.91. The van der Waals surface area contributed by atoms with E-state index < -0.39 is 0 Å². The van der Waals surface area contributed by atoms with Crippen molar-refractivity contribution in [2.45, 2.75) is 6.92 Å². The molecule has 0 unspecified atom stereocenters.